The van der Waals surface area contributed by atoms with Crippen LogP contribution in [0.25, 0.3) is 0 Å². The summed E-state index contributed by atoms with van der Waals surface area (Å²) in [7, 11) is 1.64. The zero-order valence-corrected chi connectivity index (χ0v) is 15.0. The summed E-state index contributed by atoms with van der Waals surface area (Å²) in [6.07, 6.45) is 0.756. The van der Waals surface area contributed by atoms with E-state index in [0.717, 1.165) is 23.4 Å². The van der Waals surface area contributed by atoms with Gasteiger partial charge in [-0.25, -0.2) is 9.18 Å². The third-order valence-corrected chi connectivity index (χ3v) is 4.56. The van der Waals surface area contributed by atoms with Crippen LogP contribution in [-0.4, -0.2) is 50.8 Å². The minimum absolute atomic E-state index is 0.0493. The molecule has 1 heterocycles. The molecule has 2 amide bonds. The van der Waals surface area contributed by atoms with E-state index in [1.54, 1.807) is 18.1 Å². The molecule has 0 aliphatic carbocycles. The van der Waals surface area contributed by atoms with E-state index >= 15 is 0 Å². The first-order valence-corrected chi connectivity index (χ1v) is 8.82. The van der Waals surface area contributed by atoms with Crippen LogP contribution in [0.4, 0.5) is 14.9 Å². The molecule has 0 saturated carbocycles. The maximum Gasteiger partial charge on any atom is 0.317 e. The number of carbonyl (C=O) groups is 1. The van der Waals surface area contributed by atoms with Crippen LogP contribution in [0.15, 0.2) is 48.5 Å². The highest BCUT2D eigenvalue weighted by molar-refractivity contribution is 5.74. The Hall–Kier alpha value is -2.76. The summed E-state index contributed by atoms with van der Waals surface area (Å²) in [6, 6.07) is 14.4. The van der Waals surface area contributed by atoms with Gasteiger partial charge in [-0.05, 0) is 42.3 Å². The van der Waals surface area contributed by atoms with Crippen LogP contribution in [0, 0.1) is 5.82 Å². The van der Waals surface area contributed by atoms with E-state index in [4.69, 9.17) is 4.74 Å². The molecule has 26 heavy (non-hydrogen) atoms. The molecule has 138 valence electrons. The quantitative estimate of drug-likeness (QED) is 0.895. The minimum Gasteiger partial charge on any atom is -0.497 e. The second-order valence-corrected chi connectivity index (χ2v) is 6.29. The fraction of sp³-hybridized carbons (Fsp3) is 0.350. The van der Waals surface area contributed by atoms with Gasteiger partial charge < -0.3 is 19.9 Å². The Morgan fingerprint density at radius 3 is 2.62 bits per heavy atom. The summed E-state index contributed by atoms with van der Waals surface area (Å²) < 4.78 is 18.6. The number of hydrogen-bond donors (Lipinski definition) is 1. The minimum atomic E-state index is -0.236. The number of hydrogen-bond acceptors (Lipinski definition) is 3. The van der Waals surface area contributed by atoms with Gasteiger partial charge in [0.15, 0.2) is 0 Å². The maximum absolute atomic E-state index is 13.3. The third kappa shape index (κ3) is 4.65. The first kappa shape index (κ1) is 18.0. The zero-order valence-electron chi connectivity index (χ0n) is 15.0. The van der Waals surface area contributed by atoms with Crippen molar-refractivity contribution in [1.29, 1.82) is 0 Å². The summed E-state index contributed by atoms with van der Waals surface area (Å²) in [5.41, 5.74) is 1.99. The molecule has 1 N–H and O–H groups in total. The summed E-state index contributed by atoms with van der Waals surface area (Å²) in [4.78, 5) is 16.2. The number of amides is 2. The Kier molecular flexibility index (Phi) is 5.94. The van der Waals surface area contributed by atoms with E-state index in [1.807, 2.05) is 30.3 Å². The Morgan fingerprint density at radius 2 is 1.88 bits per heavy atom. The Bertz CT molecular complexity index is 745. The van der Waals surface area contributed by atoms with Gasteiger partial charge in [0.05, 0.1) is 7.11 Å². The van der Waals surface area contributed by atoms with Crippen molar-refractivity contribution in [2.45, 2.75) is 6.42 Å². The third-order valence-electron chi connectivity index (χ3n) is 4.56. The van der Waals surface area contributed by atoms with E-state index in [1.165, 1.54) is 12.1 Å². The molecular weight excluding hydrogens is 333 g/mol. The fourth-order valence-corrected chi connectivity index (χ4v) is 3.09. The van der Waals surface area contributed by atoms with Crippen molar-refractivity contribution in [1.82, 2.24) is 10.2 Å². The van der Waals surface area contributed by atoms with E-state index in [9.17, 15) is 9.18 Å². The predicted octanol–water partition coefficient (Wildman–Crippen LogP) is 2.91. The highest BCUT2D eigenvalue weighted by atomic mass is 19.1. The number of urea groups is 1. The van der Waals surface area contributed by atoms with Gasteiger partial charge in [0, 0.05) is 38.4 Å². The second-order valence-electron chi connectivity index (χ2n) is 6.29. The molecule has 1 aliphatic rings. The van der Waals surface area contributed by atoms with Crippen LogP contribution in [-0.2, 0) is 6.42 Å². The molecule has 2 aromatic rings. The largest absolute Gasteiger partial charge is 0.497 e. The number of nitrogens with zero attached hydrogens (tertiary/aromatic N) is 2. The van der Waals surface area contributed by atoms with Crippen molar-refractivity contribution in [3.8, 4) is 5.75 Å². The normalized spacial score (nSPS) is 14.2. The predicted molar refractivity (Wildman–Crippen MR) is 100 cm³/mol. The van der Waals surface area contributed by atoms with Gasteiger partial charge >= 0.3 is 6.03 Å². The molecule has 0 aromatic heterocycles. The van der Waals surface area contributed by atoms with Crippen molar-refractivity contribution >= 4 is 11.7 Å². The van der Waals surface area contributed by atoms with E-state index < -0.39 is 0 Å². The molecule has 2 aromatic carbocycles. The first-order chi connectivity index (χ1) is 12.7. The van der Waals surface area contributed by atoms with Crippen LogP contribution >= 0.6 is 0 Å². The van der Waals surface area contributed by atoms with Gasteiger partial charge in [-0.2, -0.15) is 0 Å². The fourth-order valence-electron chi connectivity index (χ4n) is 3.09. The van der Waals surface area contributed by atoms with E-state index in [-0.39, 0.29) is 11.8 Å². The summed E-state index contributed by atoms with van der Waals surface area (Å²) in [5.74, 6) is 0.586. The Labute approximate surface area is 153 Å². The van der Waals surface area contributed by atoms with Crippen LogP contribution < -0.4 is 15.0 Å². The van der Waals surface area contributed by atoms with Crippen molar-refractivity contribution in [3.05, 3.63) is 59.9 Å². The Balaban J connectivity index is 1.43. The SMILES string of the molecule is COc1cccc(CCNC(=O)N2CCN(c3cccc(F)c3)CC2)c1. The molecule has 1 fully saturated rings. The van der Waals surface area contributed by atoms with E-state index in [2.05, 4.69) is 10.2 Å². The van der Waals surface area contributed by atoms with Gasteiger partial charge in [-0.15, -0.1) is 0 Å². The molecule has 1 saturated heterocycles. The smallest absolute Gasteiger partial charge is 0.317 e. The topological polar surface area (TPSA) is 44.8 Å². The molecule has 0 unspecified atom stereocenters. The van der Waals surface area contributed by atoms with Gasteiger partial charge in [0.25, 0.3) is 0 Å². The average Bonchev–Trinajstić information content (AvgIpc) is 2.68. The lowest BCUT2D eigenvalue weighted by Crippen LogP contribution is -2.52. The van der Waals surface area contributed by atoms with Crippen LogP contribution in [0.2, 0.25) is 0 Å². The zero-order chi connectivity index (χ0) is 18.4. The number of anilines is 1. The number of ether oxygens (including phenoxy) is 1. The van der Waals surface area contributed by atoms with Gasteiger partial charge in [0.2, 0.25) is 0 Å². The first-order valence-electron chi connectivity index (χ1n) is 8.82. The number of halogens is 1. The highest BCUT2D eigenvalue weighted by Gasteiger charge is 2.21. The van der Waals surface area contributed by atoms with Crippen LogP contribution in [0.3, 0.4) is 0 Å². The standard InChI is InChI=1S/C20H24FN3O2/c1-26-19-7-2-4-16(14-19)8-9-22-20(25)24-12-10-23(11-13-24)18-6-3-5-17(21)15-18/h2-7,14-15H,8-13H2,1H3,(H,22,25). The summed E-state index contributed by atoms with van der Waals surface area (Å²) in [5, 5.41) is 2.97. The lowest BCUT2D eigenvalue weighted by molar-refractivity contribution is 0.194. The average molecular weight is 357 g/mol. The Morgan fingerprint density at radius 1 is 1.12 bits per heavy atom. The molecule has 6 heteroatoms. The molecule has 3 rings (SSSR count). The van der Waals surface area contributed by atoms with E-state index in [0.29, 0.717) is 32.7 Å². The molecular formula is C20H24FN3O2. The molecule has 0 radical (unpaired) electrons. The number of rotatable bonds is 5. The summed E-state index contributed by atoms with van der Waals surface area (Å²) in [6.45, 7) is 3.23. The number of nitrogens with one attached hydrogen (secondary N) is 1. The molecule has 0 spiro atoms. The number of piperazine rings is 1. The number of carbonyl (C=O) groups excluding carboxylic acids is 1. The summed E-state index contributed by atoms with van der Waals surface area (Å²) >= 11 is 0. The number of benzene rings is 2. The molecule has 0 atom stereocenters. The monoisotopic (exact) mass is 357 g/mol. The molecule has 5 nitrogen and oxygen atoms in total. The molecule has 0 bridgehead atoms. The lowest BCUT2D eigenvalue weighted by Gasteiger charge is -2.36. The van der Waals surface area contributed by atoms with Crippen molar-refractivity contribution in [2.24, 2.45) is 0 Å². The maximum atomic E-state index is 13.3. The van der Waals surface area contributed by atoms with Crippen molar-refractivity contribution in [3.63, 3.8) is 0 Å². The van der Waals surface area contributed by atoms with Gasteiger partial charge in [-0.3, -0.25) is 0 Å². The van der Waals surface area contributed by atoms with Gasteiger partial charge in [-0.1, -0.05) is 18.2 Å². The molecule has 1 aliphatic heterocycles. The highest BCUT2D eigenvalue weighted by Crippen LogP contribution is 2.17. The van der Waals surface area contributed by atoms with Gasteiger partial charge in [0.1, 0.15) is 11.6 Å². The van der Waals surface area contributed by atoms with Crippen LogP contribution in [0.1, 0.15) is 5.56 Å². The van der Waals surface area contributed by atoms with Crippen molar-refractivity contribution < 1.29 is 13.9 Å². The second kappa shape index (κ2) is 8.56. The van der Waals surface area contributed by atoms with Crippen molar-refractivity contribution in [2.75, 3.05) is 44.7 Å². The number of methoxy groups -OCH3 is 1. The van der Waals surface area contributed by atoms with Crippen LogP contribution in [0.5, 0.6) is 5.75 Å². The lowest BCUT2D eigenvalue weighted by atomic mass is 10.1.